The van der Waals surface area contributed by atoms with Crippen LogP contribution in [0.4, 0.5) is 0 Å². The Labute approximate surface area is 149 Å². The van der Waals surface area contributed by atoms with E-state index in [4.69, 9.17) is 0 Å². The molecule has 6 heteroatoms. The molecule has 1 unspecified atom stereocenters. The average molecular weight is 360 g/mol. The molecule has 0 fully saturated rings. The fourth-order valence-electron chi connectivity index (χ4n) is 2.55. The number of benzene rings is 2. The number of carbonyl (C=O) groups is 1. The van der Waals surface area contributed by atoms with Gasteiger partial charge in [0, 0.05) is 18.4 Å². The lowest BCUT2D eigenvalue weighted by molar-refractivity contribution is 0.0941. The summed E-state index contributed by atoms with van der Waals surface area (Å²) >= 11 is 0. The van der Waals surface area contributed by atoms with Gasteiger partial charge < -0.3 is 10.2 Å². The smallest absolute Gasteiger partial charge is 0.251 e. The van der Waals surface area contributed by atoms with Crippen molar-refractivity contribution in [2.45, 2.75) is 17.9 Å². The van der Waals surface area contributed by atoms with Crippen LogP contribution < -0.4 is 5.32 Å². The van der Waals surface area contributed by atoms with Gasteiger partial charge in [0.05, 0.1) is 10.9 Å². The zero-order valence-electron chi connectivity index (χ0n) is 15.0. The van der Waals surface area contributed by atoms with Crippen molar-refractivity contribution in [3.8, 4) is 0 Å². The first-order chi connectivity index (χ1) is 11.7. The van der Waals surface area contributed by atoms with Crippen molar-refractivity contribution in [3.05, 3.63) is 65.2 Å². The zero-order valence-corrected chi connectivity index (χ0v) is 15.8. The molecule has 25 heavy (non-hydrogen) atoms. The maximum absolute atomic E-state index is 12.4. The minimum Gasteiger partial charge on any atom is -0.350 e. The van der Waals surface area contributed by atoms with Gasteiger partial charge in [-0.05, 0) is 44.8 Å². The molecule has 2 aromatic carbocycles. The Morgan fingerprint density at radius 2 is 1.76 bits per heavy atom. The predicted molar refractivity (Wildman–Crippen MR) is 99.5 cm³/mol. The third-order valence-corrected chi connectivity index (χ3v) is 5.18. The Morgan fingerprint density at radius 3 is 2.32 bits per heavy atom. The molecule has 0 saturated heterocycles. The van der Waals surface area contributed by atoms with Crippen molar-refractivity contribution in [3.63, 3.8) is 0 Å². The van der Waals surface area contributed by atoms with E-state index in [9.17, 15) is 13.2 Å². The SMILES string of the molecule is Cc1ccc(C(CNC(=O)c2cccc(S(C)(=O)=O)c2)N(C)C)cc1. The van der Waals surface area contributed by atoms with Crippen molar-refractivity contribution in [2.75, 3.05) is 26.9 Å². The van der Waals surface area contributed by atoms with Gasteiger partial charge in [0.1, 0.15) is 0 Å². The third kappa shape index (κ3) is 5.14. The van der Waals surface area contributed by atoms with Gasteiger partial charge in [-0.1, -0.05) is 35.9 Å². The molecule has 0 aromatic heterocycles. The summed E-state index contributed by atoms with van der Waals surface area (Å²) in [5, 5.41) is 2.90. The van der Waals surface area contributed by atoms with Crippen molar-refractivity contribution >= 4 is 15.7 Å². The number of nitrogens with zero attached hydrogens (tertiary/aromatic N) is 1. The predicted octanol–water partition coefficient (Wildman–Crippen LogP) is 2.43. The van der Waals surface area contributed by atoms with E-state index in [0.29, 0.717) is 12.1 Å². The summed E-state index contributed by atoms with van der Waals surface area (Å²) in [4.78, 5) is 14.6. The number of rotatable bonds is 6. The molecule has 0 radical (unpaired) electrons. The van der Waals surface area contributed by atoms with Crippen LogP contribution >= 0.6 is 0 Å². The first-order valence-corrected chi connectivity index (χ1v) is 9.89. The largest absolute Gasteiger partial charge is 0.350 e. The molecule has 1 atom stereocenters. The molecular formula is C19H24N2O3S. The number of sulfone groups is 1. The summed E-state index contributed by atoms with van der Waals surface area (Å²) in [6.07, 6.45) is 1.13. The number of carbonyl (C=O) groups excluding carboxylic acids is 1. The highest BCUT2D eigenvalue weighted by Gasteiger charge is 2.17. The Balaban J connectivity index is 2.13. The van der Waals surface area contributed by atoms with E-state index >= 15 is 0 Å². The molecule has 0 saturated carbocycles. The number of nitrogens with one attached hydrogen (secondary N) is 1. The molecule has 1 N–H and O–H groups in total. The van der Waals surface area contributed by atoms with Gasteiger partial charge in [0.25, 0.3) is 5.91 Å². The molecule has 0 aliphatic carbocycles. The third-order valence-electron chi connectivity index (χ3n) is 4.07. The molecule has 0 bridgehead atoms. The first-order valence-electron chi connectivity index (χ1n) is 8.00. The molecule has 0 heterocycles. The molecular weight excluding hydrogens is 336 g/mol. The van der Waals surface area contributed by atoms with E-state index in [1.807, 2.05) is 38.1 Å². The van der Waals surface area contributed by atoms with Crippen LogP contribution in [0.2, 0.25) is 0 Å². The maximum Gasteiger partial charge on any atom is 0.251 e. The number of likely N-dealkylation sites (N-methyl/N-ethyl adjacent to an activating group) is 1. The van der Waals surface area contributed by atoms with Gasteiger partial charge >= 0.3 is 0 Å². The van der Waals surface area contributed by atoms with Crippen LogP contribution in [-0.2, 0) is 9.84 Å². The second-order valence-electron chi connectivity index (χ2n) is 6.40. The summed E-state index contributed by atoms with van der Waals surface area (Å²) in [5.41, 5.74) is 2.63. The van der Waals surface area contributed by atoms with Gasteiger partial charge in [0.2, 0.25) is 0 Å². The summed E-state index contributed by atoms with van der Waals surface area (Å²) in [6.45, 7) is 2.46. The minimum atomic E-state index is -3.34. The lowest BCUT2D eigenvalue weighted by Crippen LogP contribution is -2.34. The topological polar surface area (TPSA) is 66.5 Å². The van der Waals surface area contributed by atoms with Crippen LogP contribution in [0.5, 0.6) is 0 Å². The van der Waals surface area contributed by atoms with Crippen molar-refractivity contribution in [1.82, 2.24) is 10.2 Å². The van der Waals surface area contributed by atoms with Crippen LogP contribution in [0.15, 0.2) is 53.4 Å². The lowest BCUT2D eigenvalue weighted by Gasteiger charge is -2.25. The standard InChI is InChI=1S/C19H24N2O3S/c1-14-8-10-15(11-9-14)18(21(2)3)13-20-19(22)16-6-5-7-17(12-16)25(4,23)24/h5-12,18H,13H2,1-4H3,(H,20,22). The second-order valence-corrected chi connectivity index (χ2v) is 8.42. The molecule has 1 amide bonds. The molecule has 134 valence electrons. The normalized spacial score (nSPS) is 12.8. The minimum absolute atomic E-state index is 0.0302. The van der Waals surface area contributed by atoms with Crippen molar-refractivity contribution < 1.29 is 13.2 Å². The van der Waals surface area contributed by atoms with E-state index in [1.54, 1.807) is 12.1 Å². The Bertz CT molecular complexity index is 843. The van der Waals surface area contributed by atoms with Crippen LogP contribution in [-0.4, -0.2) is 46.1 Å². The quantitative estimate of drug-likeness (QED) is 0.859. The zero-order chi connectivity index (χ0) is 18.6. The van der Waals surface area contributed by atoms with Crippen molar-refractivity contribution in [2.24, 2.45) is 0 Å². The average Bonchev–Trinajstić information content (AvgIpc) is 2.55. The number of aryl methyl sites for hydroxylation is 1. The van der Waals surface area contributed by atoms with Gasteiger partial charge in [-0.2, -0.15) is 0 Å². The summed E-state index contributed by atoms with van der Waals surface area (Å²) in [5.74, 6) is -0.288. The van der Waals surface area contributed by atoms with E-state index < -0.39 is 9.84 Å². The van der Waals surface area contributed by atoms with E-state index in [1.165, 1.54) is 17.7 Å². The van der Waals surface area contributed by atoms with Gasteiger partial charge in [-0.3, -0.25) is 4.79 Å². The maximum atomic E-state index is 12.4. The molecule has 0 aliphatic rings. The van der Waals surface area contributed by atoms with Crippen LogP contribution in [0.3, 0.4) is 0 Å². The van der Waals surface area contributed by atoms with Gasteiger partial charge in [0.15, 0.2) is 9.84 Å². The Morgan fingerprint density at radius 1 is 1.12 bits per heavy atom. The van der Waals surface area contributed by atoms with E-state index in [2.05, 4.69) is 17.4 Å². The summed E-state index contributed by atoms with van der Waals surface area (Å²) in [6, 6.07) is 14.3. The number of hydrogen-bond acceptors (Lipinski definition) is 4. The number of hydrogen-bond donors (Lipinski definition) is 1. The molecule has 5 nitrogen and oxygen atoms in total. The van der Waals surface area contributed by atoms with E-state index in [0.717, 1.165) is 11.8 Å². The van der Waals surface area contributed by atoms with Crippen molar-refractivity contribution in [1.29, 1.82) is 0 Å². The Kier molecular flexibility index (Phi) is 5.98. The Hall–Kier alpha value is -2.18. The highest BCUT2D eigenvalue weighted by Crippen LogP contribution is 2.18. The fraction of sp³-hybridized carbons (Fsp3) is 0.316. The fourth-order valence-corrected chi connectivity index (χ4v) is 3.21. The lowest BCUT2D eigenvalue weighted by atomic mass is 10.0. The molecule has 0 spiro atoms. The molecule has 2 rings (SSSR count). The molecule has 0 aliphatic heterocycles. The summed E-state index contributed by atoms with van der Waals surface area (Å²) < 4.78 is 23.3. The van der Waals surface area contributed by atoms with Gasteiger partial charge in [-0.25, -0.2) is 8.42 Å². The van der Waals surface area contributed by atoms with Crippen LogP contribution in [0.25, 0.3) is 0 Å². The van der Waals surface area contributed by atoms with Gasteiger partial charge in [-0.15, -0.1) is 0 Å². The molecule has 2 aromatic rings. The summed E-state index contributed by atoms with van der Waals surface area (Å²) in [7, 11) is 0.580. The van der Waals surface area contributed by atoms with E-state index in [-0.39, 0.29) is 16.8 Å². The monoisotopic (exact) mass is 360 g/mol. The van der Waals surface area contributed by atoms with Crippen LogP contribution in [0, 0.1) is 6.92 Å². The first kappa shape index (κ1) is 19.1. The second kappa shape index (κ2) is 7.80. The highest BCUT2D eigenvalue weighted by atomic mass is 32.2. The number of amides is 1. The van der Waals surface area contributed by atoms with Crippen LogP contribution in [0.1, 0.15) is 27.5 Å². The highest BCUT2D eigenvalue weighted by molar-refractivity contribution is 7.90.